The summed E-state index contributed by atoms with van der Waals surface area (Å²) < 4.78 is 0. The number of carbonyl (C=O) groups is 3. The number of hydrogen-bond donors (Lipinski definition) is 3. The summed E-state index contributed by atoms with van der Waals surface area (Å²) in [5.41, 5.74) is -1.03. The first kappa shape index (κ1) is 12.5. The molecule has 0 saturated heterocycles. The first-order chi connectivity index (χ1) is 7.47. The minimum absolute atomic E-state index is 0.297. The van der Waals surface area contributed by atoms with E-state index in [9.17, 15) is 14.4 Å². The zero-order valence-corrected chi connectivity index (χ0v) is 9.37. The van der Waals surface area contributed by atoms with Crippen LogP contribution in [0.25, 0.3) is 0 Å². The van der Waals surface area contributed by atoms with Crippen molar-refractivity contribution in [2.75, 3.05) is 7.05 Å². The van der Waals surface area contributed by atoms with E-state index in [1.54, 1.807) is 6.92 Å². The summed E-state index contributed by atoms with van der Waals surface area (Å²) in [6.45, 7) is 1.67. The van der Waals surface area contributed by atoms with Gasteiger partial charge in [-0.2, -0.15) is 0 Å². The molecule has 1 atom stereocenters. The largest absolute Gasteiger partial charge is 0.480 e. The highest BCUT2D eigenvalue weighted by molar-refractivity contribution is 6.08. The Morgan fingerprint density at radius 1 is 1.31 bits per heavy atom. The van der Waals surface area contributed by atoms with Crippen molar-refractivity contribution in [2.45, 2.75) is 32.2 Å². The molecule has 16 heavy (non-hydrogen) atoms. The average Bonchev–Trinajstić information content (AvgIpc) is 3.05. The molecule has 1 aliphatic carbocycles. The number of hydrogen-bond acceptors (Lipinski definition) is 3. The molecule has 6 nitrogen and oxygen atoms in total. The first-order valence-electron chi connectivity index (χ1n) is 5.24. The van der Waals surface area contributed by atoms with Crippen LogP contribution < -0.4 is 10.6 Å². The van der Waals surface area contributed by atoms with Crippen LogP contribution in [0.4, 0.5) is 0 Å². The molecule has 1 saturated carbocycles. The van der Waals surface area contributed by atoms with Crippen LogP contribution in [0.15, 0.2) is 0 Å². The van der Waals surface area contributed by atoms with E-state index in [0.29, 0.717) is 19.3 Å². The standard InChI is InChI=1S/C10H16N2O4/c1-3-6(7(13)14)12-9(16)10(4-5-10)8(15)11-2/h6H,3-5H2,1-2H3,(H,11,15)(H,12,16)(H,13,14). The molecular weight excluding hydrogens is 212 g/mol. The molecular formula is C10H16N2O4. The van der Waals surface area contributed by atoms with E-state index in [-0.39, 0.29) is 5.91 Å². The second-order valence-corrected chi connectivity index (χ2v) is 3.93. The fourth-order valence-electron chi connectivity index (χ4n) is 1.56. The third-order valence-corrected chi connectivity index (χ3v) is 2.86. The molecule has 0 aromatic carbocycles. The third kappa shape index (κ3) is 2.15. The van der Waals surface area contributed by atoms with Crippen LogP contribution in [0.1, 0.15) is 26.2 Å². The Hall–Kier alpha value is -1.59. The van der Waals surface area contributed by atoms with Gasteiger partial charge in [-0.25, -0.2) is 4.79 Å². The average molecular weight is 228 g/mol. The summed E-state index contributed by atoms with van der Waals surface area (Å²) in [5, 5.41) is 13.6. The van der Waals surface area contributed by atoms with E-state index in [4.69, 9.17) is 5.11 Å². The van der Waals surface area contributed by atoms with E-state index < -0.39 is 23.3 Å². The lowest BCUT2D eigenvalue weighted by Gasteiger charge is -2.17. The van der Waals surface area contributed by atoms with Crippen molar-refractivity contribution in [1.29, 1.82) is 0 Å². The summed E-state index contributed by atoms with van der Waals surface area (Å²) >= 11 is 0. The van der Waals surface area contributed by atoms with Crippen LogP contribution in [0, 0.1) is 5.41 Å². The van der Waals surface area contributed by atoms with Gasteiger partial charge in [0.2, 0.25) is 11.8 Å². The Balaban J connectivity index is 2.65. The zero-order chi connectivity index (χ0) is 12.3. The summed E-state index contributed by atoms with van der Waals surface area (Å²) in [6, 6.07) is -0.922. The molecule has 0 aromatic rings. The quantitative estimate of drug-likeness (QED) is 0.552. The van der Waals surface area contributed by atoms with Gasteiger partial charge in [-0.05, 0) is 19.3 Å². The van der Waals surface area contributed by atoms with Gasteiger partial charge in [0, 0.05) is 7.05 Å². The minimum atomic E-state index is -1.08. The predicted molar refractivity (Wildman–Crippen MR) is 55.6 cm³/mol. The molecule has 0 aliphatic heterocycles. The fourth-order valence-corrected chi connectivity index (χ4v) is 1.56. The van der Waals surface area contributed by atoms with Crippen molar-refractivity contribution in [1.82, 2.24) is 10.6 Å². The van der Waals surface area contributed by atoms with Gasteiger partial charge >= 0.3 is 5.97 Å². The van der Waals surface area contributed by atoms with Crippen molar-refractivity contribution in [2.24, 2.45) is 5.41 Å². The second-order valence-electron chi connectivity index (χ2n) is 3.93. The highest BCUT2D eigenvalue weighted by Crippen LogP contribution is 2.46. The minimum Gasteiger partial charge on any atom is -0.480 e. The Morgan fingerprint density at radius 2 is 1.88 bits per heavy atom. The van der Waals surface area contributed by atoms with Gasteiger partial charge in [-0.15, -0.1) is 0 Å². The maximum atomic E-state index is 11.8. The number of aliphatic carboxylic acids is 1. The van der Waals surface area contributed by atoms with E-state index in [2.05, 4.69) is 10.6 Å². The van der Waals surface area contributed by atoms with Gasteiger partial charge in [0.25, 0.3) is 0 Å². The summed E-state index contributed by atoms with van der Waals surface area (Å²) in [5.74, 6) is -1.91. The van der Waals surface area contributed by atoms with E-state index in [1.165, 1.54) is 7.05 Å². The zero-order valence-electron chi connectivity index (χ0n) is 9.37. The Labute approximate surface area is 93.4 Å². The highest BCUT2D eigenvalue weighted by atomic mass is 16.4. The smallest absolute Gasteiger partial charge is 0.326 e. The molecule has 0 spiro atoms. The van der Waals surface area contributed by atoms with Gasteiger partial charge in [-0.3, -0.25) is 9.59 Å². The monoisotopic (exact) mass is 228 g/mol. The van der Waals surface area contributed by atoms with Crippen molar-refractivity contribution in [3.63, 3.8) is 0 Å². The lowest BCUT2D eigenvalue weighted by atomic mass is 10.0. The number of nitrogens with one attached hydrogen (secondary N) is 2. The van der Waals surface area contributed by atoms with Crippen molar-refractivity contribution < 1.29 is 19.5 Å². The van der Waals surface area contributed by atoms with Gasteiger partial charge in [-0.1, -0.05) is 6.92 Å². The van der Waals surface area contributed by atoms with Crippen LogP contribution in [0.3, 0.4) is 0 Å². The lowest BCUT2D eigenvalue weighted by molar-refractivity contribution is -0.145. The van der Waals surface area contributed by atoms with Gasteiger partial charge in [0.1, 0.15) is 11.5 Å². The van der Waals surface area contributed by atoms with Crippen molar-refractivity contribution in [3.05, 3.63) is 0 Å². The summed E-state index contributed by atoms with van der Waals surface area (Å²) in [4.78, 5) is 34.0. The topological polar surface area (TPSA) is 95.5 Å². The number of carboxylic acids is 1. The predicted octanol–water partition coefficient (Wildman–Crippen LogP) is -0.508. The Kier molecular flexibility index (Phi) is 3.51. The molecule has 0 heterocycles. The second kappa shape index (κ2) is 4.51. The summed E-state index contributed by atoms with van der Waals surface area (Å²) in [7, 11) is 1.46. The van der Waals surface area contributed by atoms with Gasteiger partial charge < -0.3 is 15.7 Å². The molecule has 3 N–H and O–H groups in total. The molecule has 0 aromatic heterocycles. The first-order valence-corrected chi connectivity index (χ1v) is 5.24. The Morgan fingerprint density at radius 3 is 2.19 bits per heavy atom. The molecule has 0 bridgehead atoms. The molecule has 2 amide bonds. The SMILES string of the molecule is CCC(NC(=O)C1(C(=O)NC)CC1)C(=O)O. The van der Waals surface area contributed by atoms with E-state index in [0.717, 1.165) is 0 Å². The van der Waals surface area contributed by atoms with Crippen LogP contribution in [0.5, 0.6) is 0 Å². The van der Waals surface area contributed by atoms with Crippen LogP contribution in [-0.4, -0.2) is 36.0 Å². The van der Waals surface area contributed by atoms with Crippen LogP contribution in [-0.2, 0) is 14.4 Å². The molecule has 6 heteroatoms. The third-order valence-electron chi connectivity index (χ3n) is 2.86. The number of carboxylic acid groups (broad SMARTS) is 1. The normalized spacial score (nSPS) is 18.4. The highest BCUT2D eigenvalue weighted by Gasteiger charge is 2.56. The Bertz CT molecular complexity index is 323. The van der Waals surface area contributed by atoms with Crippen LogP contribution in [0.2, 0.25) is 0 Å². The molecule has 1 aliphatic rings. The number of rotatable bonds is 5. The van der Waals surface area contributed by atoms with Crippen molar-refractivity contribution >= 4 is 17.8 Å². The molecule has 1 unspecified atom stereocenters. The molecule has 1 rings (SSSR count). The fraction of sp³-hybridized carbons (Fsp3) is 0.700. The van der Waals surface area contributed by atoms with Crippen molar-refractivity contribution in [3.8, 4) is 0 Å². The summed E-state index contributed by atoms with van der Waals surface area (Å²) in [6.07, 6.45) is 1.26. The van der Waals surface area contributed by atoms with E-state index >= 15 is 0 Å². The van der Waals surface area contributed by atoms with Gasteiger partial charge in [0.05, 0.1) is 0 Å². The molecule has 1 fully saturated rings. The number of carbonyl (C=O) groups excluding carboxylic acids is 2. The molecule has 0 radical (unpaired) electrons. The maximum absolute atomic E-state index is 11.8. The number of amides is 2. The maximum Gasteiger partial charge on any atom is 0.326 e. The van der Waals surface area contributed by atoms with Gasteiger partial charge in [0.15, 0.2) is 0 Å². The molecule has 90 valence electrons. The lowest BCUT2D eigenvalue weighted by Crippen LogP contribution is -2.48. The van der Waals surface area contributed by atoms with Crippen LogP contribution >= 0.6 is 0 Å². The van der Waals surface area contributed by atoms with E-state index in [1.807, 2.05) is 0 Å².